The summed E-state index contributed by atoms with van der Waals surface area (Å²) in [6.45, 7) is 8.28. The van der Waals surface area contributed by atoms with Crippen LogP contribution in [0.15, 0.2) is 78.9 Å². The van der Waals surface area contributed by atoms with Crippen molar-refractivity contribution in [1.29, 1.82) is 0 Å². The average Bonchev–Trinajstić information content (AvgIpc) is 3.61. The molecule has 0 fully saturated rings. The van der Waals surface area contributed by atoms with E-state index in [-0.39, 0.29) is 24.5 Å². The van der Waals surface area contributed by atoms with E-state index in [1.54, 1.807) is 0 Å². The molecule has 0 aliphatic heterocycles. The summed E-state index contributed by atoms with van der Waals surface area (Å²) >= 11 is 0. The molecule has 3 atom stereocenters. The zero-order valence-electron chi connectivity index (χ0n) is 25.4. The number of hydrogen-bond donors (Lipinski definition) is 4. The van der Waals surface area contributed by atoms with Crippen LogP contribution in [-0.2, 0) is 15.9 Å². The van der Waals surface area contributed by atoms with Gasteiger partial charge in [-0.25, -0.2) is 14.6 Å². The molecule has 0 spiro atoms. The van der Waals surface area contributed by atoms with Crippen molar-refractivity contribution in [2.45, 2.75) is 63.8 Å². The zero-order chi connectivity index (χ0) is 31.3. The van der Waals surface area contributed by atoms with Crippen LogP contribution in [-0.4, -0.2) is 63.2 Å². The van der Waals surface area contributed by atoms with Crippen LogP contribution < -0.4 is 10.6 Å². The third kappa shape index (κ3) is 7.50. The fraction of sp³-hybridized carbons (Fsp3) is 0.353. The van der Waals surface area contributed by atoms with Crippen LogP contribution in [0, 0.1) is 0 Å². The Morgan fingerprint density at radius 2 is 1.57 bits per heavy atom. The third-order valence-corrected chi connectivity index (χ3v) is 7.64. The molecule has 1 amide bonds. The summed E-state index contributed by atoms with van der Waals surface area (Å²) in [5.74, 6) is -1.20. The number of amides is 1. The summed E-state index contributed by atoms with van der Waals surface area (Å²) in [4.78, 5) is 28.9. The summed E-state index contributed by atoms with van der Waals surface area (Å²) < 4.78 is 12.1. The molecule has 5 rings (SSSR count). The molecule has 230 valence electrons. The molecule has 0 bridgehead atoms. The van der Waals surface area contributed by atoms with E-state index in [9.17, 15) is 14.7 Å². The molecule has 0 unspecified atom stereocenters. The zero-order valence-corrected chi connectivity index (χ0v) is 25.4. The molecule has 10 heteroatoms. The maximum Gasteiger partial charge on any atom is 0.407 e. The molecule has 1 aromatic heterocycles. The van der Waals surface area contributed by atoms with Crippen molar-refractivity contribution in [1.82, 2.24) is 25.8 Å². The number of ether oxygens (including phenoxy) is 2. The van der Waals surface area contributed by atoms with E-state index in [1.165, 1.54) is 0 Å². The normalized spacial score (nSPS) is 14.7. The van der Waals surface area contributed by atoms with Crippen molar-refractivity contribution in [3.8, 4) is 11.1 Å². The van der Waals surface area contributed by atoms with E-state index in [0.717, 1.165) is 27.8 Å². The maximum atomic E-state index is 13.3. The number of aromatic nitrogens is 3. The Morgan fingerprint density at radius 1 is 0.955 bits per heavy atom. The Balaban J connectivity index is 1.30. The van der Waals surface area contributed by atoms with E-state index in [1.807, 2.05) is 82.3 Å². The number of rotatable bonds is 12. The lowest BCUT2D eigenvalue weighted by Crippen LogP contribution is -2.51. The van der Waals surface area contributed by atoms with E-state index in [4.69, 9.17) is 9.47 Å². The van der Waals surface area contributed by atoms with Crippen LogP contribution in [0.2, 0.25) is 0 Å². The fourth-order valence-electron chi connectivity index (χ4n) is 5.68. The number of benzene rings is 3. The van der Waals surface area contributed by atoms with E-state index < -0.39 is 29.7 Å². The van der Waals surface area contributed by atoms with Gasteiger partial charge in [0.25, 0.3) is 5.82 Å². The van der Waals surface area contributed by atoms with Crippen molar-refractivity contribution in [2.75, 3.05) is 13.2 Å². The van der Waals surface area contributed by atoms with Crippen LogP contribution in [0.3, 0.4) is 0 Å². The summed E-state index contributed by atoms with van der Waals surface area (Å²) in [5, 5.41) is 22.4. The van der Waals surface area contributed by atoms with Gasteiger partial charge in [0.15, 0.2) is 0 Å². The Hall–Kier alpha value is -4.54. The molecule has 1 heterocycles. The third-order valence-electron chi connectivity index (χ3n) is 7.64. The topological polar surface area (TPSA) is 138 Å². The average molecular weight is 598 g/mol. The van der Waals surface area contributed by atoms with Crippen LogP contribution in [0.5, 0.6) is 0 Å². The lowest BCUT2D eigenvalue weighted by Gasteiger charge is -2.32. The van der Waals surface area contributed by atoms with Gasteiger partial charge in [0.2, 0.25) is 0 Å². The molecule has 1 aliphatic carbocycles. The largest absolute Gasteiger partial charge is 0.475 e. The lowest BCUT2D eigenvalue weighted by atomic mass is 9.98. The van der Waals surface area contributed by atoms with Crippen molar-refractivity contribution in [3.05, 3.63) is 107 Å². The molecule has 0 saturated heterocycles. The number of carbonyl (C=O) groups excluding carboxylic acids is 1. The van der Waals surface area contributed by atoms with Gasteiger partial charge in [0.1, 0.15) is 12.4 Å². The van der Waals surface area contributed by atoms with Gasteiger partial charge in [-0.15, -0.1) is 5.10 Å². The first kappa shape index (κ1) is 30.9. The molecule has 3 aromatic carbocycles. The summed E-state index contributed by atoms with van der Waals surface area (Å²) in [6.07, 6.45) is -0.415. The van der Waals surface area contributed by atoms with Crippen LogP contribution in [0.1, 0.15) is 72.8 Å². The fourth-order valence-corrected chi connectivity index (χ4v) is 5.68. The lowest BCUT2D eigenvalue weighted by molar-refractivity contribution is -0.0657. The van der Waals surface area contributed by atoms with Gasteiger partial charge >= 0.3 is 12.1 Å². The number of fused-ring (bicyclic) bond motifs is 3. The Morgan fingerprint density at radius 3 is 2.16 bits per heavy atom. The second kappa shape index (κ2) is 13.4. The highest BCUT2D eigenvalue weighted by Crippen LogP contribution is 2.44. The van der Waals surface area contributed by atoms with Gasteiger partial charge in [-0.3, -0.25) is 5.10 Å². The molecule has 0 radical (unpaired) electrons. The minimum Gasteiger partial charge on any atom is -0.475 e. The SMILES string of the molecule is C[C@@H](OC(C)(C)C)[C@H](CN[C@@H](Cc1ccccc1)c1nc(C(=O)O)n[nH]1)NC(=O)OCC1c2ccccc2-c2ccccc21. The van der Waals surface area contributed by atoms with Crippen molar-refractivity contribution >= 4 is 12.1 Å². The second-order valence-electron chi connectivity index (χ2n) is 12.0. The first-order valence-electron chi connectivity index (χ1n) is 14.8. The highest BCUT2D eigenvalue weighted by Gasteiger charge is 2.31. The van der Waals surface area contributed by atoms with E-state index in [0.29, 0.717) is 18.8 Å². The quantitative estimate of drug-likeness (QED) is 0.168. The second-order valence-corrected chi connectivity index (χ2v) is 12.0. The number of nitrogens with zero attached hydrogens (tertiary/aromatic N) is 2. The molecular formula is C34H39N5O5. The number of alkyl carbamates (subject to hydrolysis) is 1. The molecular weight excluding hydrogens is 558 g/mol. The number of H-pyrrole nitrogens is 1. The van der Waals surface area contributed by atoms with Gasteiger partial charge in [0.05, 0.1) is 23.8 Å². The number of aromatic amines is 1. The number of aromatic carboxylic acids is 1. The highest BCUT2D eigenvalue weighted by molar-refractivity contribution is 5.83. The highest BCUT2D eigenvalue weighted by atomic mass is 16.6. The summed E-state index contributed by atoms with van der Waals surface area (Å²) in [6, 6.07) is 25.3. The van der Waals surface area contributed by atoms with Crippen LogP contribution in [0.4, 0.5) is 4.79 Å². The number of carboxylic acids is 1. The molecule has 0 saturated carbocycles. The van der Waals surface area contributed by atoms with E-state index >= 15 is 0 Å². The first-order chi connectivity index (χ1) is 21.1. The standard InChI is InChI=1S/C34H39N5O5/c1-21(44-34(2,3)4)29(19-35-28(18-22-12-6-5-7-13-22)30-37-31(32(40)41)39-38-30)36-33(42)43-20-27-25-16-10-8-14-23(25)24-15-9-11-17-26(24)27/h5-17,21,27-29,35H,18-20H2,1-4H3,(H,36,42)(H,40,41)(H,37,38,39)/t21-,28+,29+/m1/s1. The summed E-state index contributed by atoms with van der Waals surface area (Å²) in [7, 11) is 0. The van der Waals surface area contributed by atoms with Crippen molar-refractivity contribution in [3.63, 3.8) is 0 Å². The Labute approximate surface area is 257 Å². The predicted molar refractivity (Wildman–Crippen MR) is 167 cm³/mol. The van der Waals surface area contributed by atoms with Gasteiger partial charge in [-0.2, -0.15) is 0 Å². The van der Waals surface area contributed by atoms with Gasteiger partial charge in [0, 0.05) is 12.5 Å². The van der Waals surface area contributed by atoms with Crippen molar-refractivity contribution in [2.24, 2.45) is 0 Å². The van der Waals surface area contributed by atoms with Gasteiger partial charge in [-0.1, -0.05) is 78.9 Å². The first-order valence-corrected chi connectivity index (χ1v) is 14.8. The number of carboxylic acid groups (broad SMARTS) is 1. The van der Waals surface area contributed by atoms with Gasteiger partial charge in [-0.05, 0) is 61.9 Å². The van der Waals surface area contributed by atoms with Crippen LogP contribution >= 0.6 is 0 Å². The molecule has 1 aliphatic rings. The Bertz CT molecular complexity index is 1540. The number of nitrogens with one attached hydrogen (secondary N) is 3. The monoisotopic (exact) mass is 597 g/mol. The number of carbonyl (C=O) groups is 2. The smallest absolute Gasteiger partial charge is 0.407 e. The molecule has 4 N–H and O–H groups in total. The minimum absolute atomic E-state index is 0.0573. The van der Waals surface area contributed by atoms with E-state index in [2.05, 4.69) is 50.1 Å². The van der Waals surface area contributed by atoms with Crippen LogP contribution in [0.25, 0.3) is 11.1 Å². The minimum atomic E-state index is -1.21. The van der Waals surface area contributed by atoms with Crippen molar-refractivity contribution < 1.29 is 24.2 Å². The van der Waals surface area contributed by atoms with Gasteiger partial charge < -0.3 is 25.2 Å². The molecule has 4 aromatic rings. The number of hydrogen-bond acceptors (Lipinski definition) is 7. The molecule has 44 heavy (non-hydrogen) atoms. The Kier molecular flexibility index (Phi) is 9.41. The summed E-state index contributed by atoms with van der Waals surface area (Å²) in [5.41, 5.74) is 5.17. The maximum absolute atomic E-state index is 13.3. The molecule has 10 nitrogen and oxygen atoms in total. The predicted octanol–water partition coefficient (Wildman–Crippen LogP) is 5.49.